The molecule has 0 saturated heterocycles. The summed E-state index contributed by atoms with van der Waals surface area (Å²) in [6.07, 6.45) is 2.18. The number of hydrogen-bond donors (Lipinski definition) is 1. The SMILES string of the molecule is CCCOc1cccc(C2C(C(=O)c3ccco3)=C(O)C(=O)N2c2ccc(C#N)cc2)c1. The van der Waals surface area contributed by atoms with Crippen molar-refractivity contribution in [1.29, 1.82) is 5.26 Å². The predicted octanol–water partition coefficient (Wildman–Crippen LogP) is 4.72. The van der Waals surface area contributed by atoms with Gasteiger partial charge in [-0.05, 0) is 60.5 Å². The number of anilines is 1. The smallest absolute Gasteiger partial charge is 0.294 e. The number of hydrogen-bond acceptors (Lipinski definition) is 6. The molecule has 2 heterocycles. The van der Waals surface area contributed by atoms with E-state index in [9.17, 15) is 14.7 Å². The number of ketones is 1. The molecule has 1 unspecified atom stereocenters. The minimum atomic E-state index is -0.904. The first-order valence-electron chi connectivity index (χ1n) is 10.1. The van der Waals surface area contributed by atoms with Gasteiger partial charge < -0.3 is 14.3 Å². The molecule has 160 valence electrons. The first-order valence-corrected chi connectivity index (χ1v) is 10.1. The van der Waals surface area contributed by atoms with Crippen LogP contribution in [0.1, 0.15) is 41.1 Å². The van der Waals surface area contributed by atoms with Crippen molar-refractivity contribution in [1.82, 2.24) is 0 Å². The number of nitrogens with zero attached hydrogens (tertiary/aromatic N) is 2. The molecule has 1 amide bonds. The molecule has 4 rings (SSSR count). The van der Waals surface area contributed by atoms with Crippen LogP contribution in [-0.4, -0.2) is 23.4 Å². The van der Waals surface area contributed by atoms with Gasteiger partial charge in [0.05, 0.1) is 36.1 Å². The highest BCUT2D eigenvalue weighted by Gasteiger charge is 2.45. The number of rotatable bonds is 7. The summed E-state index contributed by atoms with van der Waals surface area (Å²) in [6.45, 7) is 2.51. The summed E-state index contributed by atoms with van der Waals surface area (Å²) in [5.74, 6) is -1.32. The molecule has 1 aromatic heterocycles. The van der Waals surface area contributed by atoms with Crippen molar-refractivity contribution in [3.63, 3.8) is 0 Å². The normalized spacial score (nSPS) is 15.7. The van der Waals surface area contributed by atoms with Crippen LogP contribution in [0.2, 0.25) is 0 Å². The van der Waals surface area contributed by atoms with Crippen LogP contribution in [0.5, 0.6) is 5.75 Å². The Bertz CT molecular complexity index is 1220. The predicted molar refractivity (Wildman–Crippen MR) is 116 cm³/mol. The third kappa shape index (κ3) is 3.74. The van der Waals surface area contributed by atoms with Crippen LogP contribution in [0.25, 0.3) is 0 Å². The Hall–Kier alpha value is -4.31. The highest BCUT2D eigenvalue weighted by atomic mass is 16.5. The van der Waals surface area contributed by atoms with E-state index in [0.717, 1.165) is 6.42 Å². The minimum absolute atomic E-state index is 0.0180. The zero-order valence-corrected chi connectivity index (χ0v) is 17.3. The first kappa shape index (κ1) is 20.9. The number of Topliss-reactive ketones (excluding diaryl/α,β-unsaturated/α-hetero) is 1. The lowest BCUT2D eigenvalue weighted by atomic mass is 9.94. The van der Waals surface area contributed by atoms with E-state index in [1.165, 1.54) is 17.2 Å². The van der Waals surface area contributed by atoms with Crippen molar-refractivity contribution < 1.29 is 23.8 Å². The number of benzene rings is 2. The highest BCUT2D eigenvalue weighted by molar-refractivity contribution is 6.20. The molecule has 1 N–H and O–H groups in total. The maximum atomic E-state index is 13.2. The number of aliphatic hydroxyl groups is 1. The van der Waals surface area contributed by atoms with Gasteiger partial charge in [-0.15, -0.1) is 0 Å². The van der Waals surface area contributed by atoms with Gasteiger partial charge in [0.1, 0.15) is 5.75 Å². The molecule has 7 nitrogen and oxygen atoms in total. The molecule has 0 aliphatic carbocycles. The zero-order valence-electron chi connectivity index (χ0n) is 17.3. The molecule has 2 aromatic carbocycles. The molecule has 1 aliphatic heterocycles. The van der Waals surface area contributed by atoms with Gasteiger partial charge in [-0.1, -0.05) is 19.1 Å². The van der Waals surface area contributed by atoms with Crippen molar-refractivity contribution in [2.45, 2.75) is 19.4 Å². The summed E-state index contributed by atoms with van der Waals surface area (Å²) < 4.78 is 11.0. The fourth-order valence-electron chi connectivity index (χ4n) is 3.65. The fraction of sp³-hybridized carbons (Fsp3) is 0.160. The molecule has 0 spiro atoms. The Balaban J connectivity index is 1.84. The number of nitriles is 1. The number of ether oxygens (including phenoxy) is 1. The van der Waals surface area contributed by atoms with Crippen LogP contribution < -0.4 is 9.64 Å². The van der Waals surface area contributed by atoms with Gasteiger partial charge in [-0.3, -0.25) is 14.5 Å². The summed E-state index contributed by atoms with van der Waals surface area (Å²) in [5.41, 5.74) is 1.38. The summed E-state index contributed by atoms with van der Waals surface area (Å²) >= 11 is 0. The maximum Gasteiger partial charge on any atom is 0.294 e. The molecular formula is C25H20N2O5. The third-order valence-electron chi connectivity index (χ3n) is 5.12. The van der Waals surface area contributed by atoms with E-state index in [-0.39, 0.29) is 11.3 Å². The summed E-state index contributed by atoms with van der Waals surface area (Å²) in [5, 5.41) is 19.8. The van der Waals surface area contributed by atoms with Crippen molar-refractivity contribution in [3.8, 4) is 11.8 Å². The Morgan fingerprint density at radius 1 is 1.19 bits per heavy atom. The van der Waals surface area contributed by atoms with Gasteiger partial charge in [0.15, 0.2) is 11.5 Å². The topological polar surface area (TPSA) is 104 Å². The largest absolute Gasteiger partial charge is 0.503 e. The lowest BCUT2D eigenvalue weighted by Crippen LogP contribution is -2.31. The zero-order chi connectivity index (χ0) is 22.7. The molecule has 32 heavy (non-hydrogen) atoms. The Morgan fingerprint density at radius 3 is 2.62 bits per heavy atom. The molecule has 1 aliphatic rings. The minimum Gasteiger partial charge on any atom is -0.503 e. The maximum absolute atomic E-state index is 13.2. The molecule has 0 bridgehead atoms. The fourth-order valence-corrected chi connectivity index (χ4v) is 3.65. The van der Waals surface area contributed by atoms with Crippen LogP contribution in [0.15, 0.2) is 82.7 Å². The summed E-state index contributed by atoms with van der Waals surface area (Å²) in [7, 11) is 0. The Kier molecular flexibility index (Phi) is 5.77. The van der Waals surface area contributed by atoms with Crippen LogP contribution in [0.4, 0.5) is 5.69 Å². The van der Waals surface area contributed by atoms with Gasteiger partial charge in [-0.2, -0.15) is 5.26 Å². The summed E-state index contributed by atoms with van der Waals surface area (Å²) in [6, 6.07) is 17.6. The van der Waals surface area contributed by atoms with E-state index >= 15 is 0 Å². The highest BCUT2D eigenvalue weighted by Crippen LogP contribution is 2.42. The van der Waals surface area contributed by atoms with E-state index in [2.05, 4.69) is 0 Å². The number of amides is 1. The second kappa shape index (κ2) is 8.82. The van der Waals surface area contributed by atoms with E-state index in [0.29, 0.717) is 29.2 Å². The van der Waals surface area contributed by atoms with E-state index in [4.69, 9.17) is 14.4 Å². The van der Waals surface area contributed by atoms with Crippen molar-refractivity contribution in [2.24, 2.45) is 0 Å². The Morgan fingerprint density at radius 2 is 1.97 bits per heavy atom. The molecule has 0 fully saturated rings. The molecule has 7 heteroatoms. The van der Waals surface area contributed by atoms with E-state index < -0.39 is 23.5 Å². The van der Waals surface area contributed by atoms with Crippen LogP contribution >= 0.6 is 0 Å². The standard InChI is InChI=1S/C25H20N2O5/c1-2-12-31-19-6-3-5-17(14-19)22-21(23(28)20-7-4-13-32-20)24(29)25(30)27(22)18-10-8-16(15-26)9-11-18/h3-11,13-14,22,29H,2,12H2,1H3. The summed E-state index contributed by atoms with van der Waals surface area (Å²) in [4.78, 5) is 27.7. The molecule has 3 aromatic rings. The van der Waals surface area contributed by atoms with E-state index in [1.807, 2.05) is 13.0 Å². The average Bonchev–Trinajstić information content (AvgIpc) is 3.45. The van der Waals surface area contributed by atoms with Gasteiger partial charge >= 0.3 is 0 Å². The lowest BCUT2D eigenvalue weighted by molar-refractivity contribution is -0.117. The van der Waals surface area contributed by atoms with Gasteiger partial charge in [0, 0.05) is 5.69 Å². The van der Waals surface area contributed by atoms with Crippen molar-refractivity contribution in [3.05, 3.63) is 95.1 Å². The number of aliphatic hydroxyl groups excluding tert-OH is 1. The molecule has 0 radical (unpaired) electrons. The first-order chi connectivity index (χ1) is 15.5. The van der Waals surface area contributed by atoms with Gasteiger partial charge in [-0.25, -0.2) is 0 Å². The van der Waals surface area contributed by atoms with Gasteiger partial charge in [0.25, 0.3) is 5.91 Å². The number of furan rings is 1. The van der Waals surface area contributed by atoms with Crippen LogP contribution in [0.3, 0.4) is 0 Å². The monoisotopic (exact) mass is 428 g/mol. The number of carbonyl (C=O) groups excluding carboxylic acids is 2. The molecule has 0 saturated carbocycles. The Labute approximate surface area is 184 Å². The second-order valence-corrected chi connectivity index (χ2v) is 7.23. The molecular weight excluding hydrogens is 408 g/mol. The second-order valence-electron chi connectivity index (χ2n) is 7.23. The average molecular weight is 428 g/mol. The van der Waals surface area contributed by atoms with Crippen LogP contribution in [-0.2, 0) is 4.79 Å². The molecule has 1 atom stereocenters. The van der Waals surface area contributed by atoms with Crippen molar-refractivity contribution in [2.75, 3.05) is 11.5 Å². The number of carbonyl (C=O) groups is 2. The van der Waals surface area contributed by atoms with Crippen LogP contribution in [0, 0.1) is 11.3 Å². The van der Waals surface area contributed by atoms with Gasteiger partial charge in [0.2, 0.25) is 5.78 Å². The third-order valence-corrected chi connectivity index (χ3v) is 5.12. The quantitative estimate of drug-likeness (QED) is 0.546. The van der Waals surface area contributed by atoms with E-state index in [1.54, 1.807) is 54.6 Å². The van der Waals surface area contributed by atoms with Crippen molar-refractivity contribution >= 4 is 17.4 Å². The lowest BCUT2D eigenvalue weighted by Gasteiger charge is -2.27.